The molecule has 1 saturated heterocycles. The van der Waals surface area contributed by atoms with E-state index in [9.17, 15) is 5.11 Å². The van der Waals surface area contributed by atoms with E-state index in [4.69, 9.17) is 0 Å². The molecule has 2 N–H and O–H groups in total. The van der Waals surface area contributed by atoms with Crippen LogP contribution in [0, 0.1) is 5.92 Å². The minimum Gasteiger partial charge on any atom is -0.389 e. The lowest BCUT2D eigenvalue weighted by Crippen LogP contribution is -2.50. The molecule has 0 saturated carbocycles. The molecule has 0 amide bonds. The van der Waals surface area contributed by atoms with Crippen molar-refractivity contribution in [3.05, 3.63) is 18.0 Å². The van der Waals surface area contributed by atoms with Gasteiger partial charge in [-0.15, -0.1) is 0 Å². The molecule has 0 spiro atoms. The van der Waals surface area contributed by atoms with Gasteiger partial charge in [-0.25, -0.2) is 0 Å². The fraction of sp³-hybridized carbons (Fsp3) is 0.786. The quantitative estimate of drug-likeness (QED) is 0.857. The third-order valence-electron chi connectivity index (χ3n) is 4.30. The van der Waals surface area contributed by atoms with Crippen molar-refractivity contribution in [3.63, 3.8) is 0 Å². The van der Waals surface area contributed by atoms with Crippen LogP contribution in [0.2, 0.25) is 0 Å². The first kappa shape index (κ1) is 13.6. The Hall–Kier alpha value is -0.870. The fourth-order valence-corrected chi connectivity index (χ4v) is 2.54. The van der Waals surface area contributed by atoms with Gasteiger partial charge in [0.05, 0.1) is 11.3 Å². The highest BCUT2D eigenvalue weighted by Gasteiger charge is 2.36. The minimum absolute atomic E-state index is 0.278. The van der Waals surface area contributed by atoms with Crippen LogP contribution >= 0.6 is 0 Å². The first-order valence-electron chi connectivity index (χ1n) is 7.02. The number of piperidine rings is 1. The number of aromatic nitrogens is 2. The summed E-state index contributed by atoms with van der Waals surface area (Å²) in [5, 5.41) is 18.6. The lowest BCUT2D eigenvalue weighted by Gasteiger charge is -2.38. The van der Waals surface area contributed by atoms with Crippen LogP contribution in [0.25, 0.3) is 0 Å². The van der Waals surface area contributed by atoms with Crippen LogP contribution in [-0.4, -0.2) is 33.6 Å². The second kappa shape index (κ2) is 5.41. The summed E-state index contributed by atoms with van der Waals surface area (Å²) >= 11 is 0. The van der Waals surface area contributed by atoms with Crippen molar-refractivity contribution >= 4 is 0 Å². The van der Waals surface area contributed by atoms with Crippen LogP contribution in [-0.2, 0) is 6.42 Å². The summed E-state index contributed by atoms with van der Waals surface area (Å²) < 4.78 is 2.00. The van der Waals surface area contributed by atoms with Crippen molar-refractivity contribution in [3.8, 4) is 0 Å². The van der Waals surface area contributed by atoms with Gasteiger partial charge in [0, 0.05) is 25.2 Å². The van der Waals surface area contributed by atoms with E-state index in [1.165, 1.54) is 0 Å². The number of hydrogen-bond acceptors (Lipinski definition) is 3. The highest BCUT2D eigenvalue weighted by molar-refractivity contribution is 5.07. The average molecular weight is 251 g/mol. The Morgan fingerprint density at radius 2 is 2.44 bits per heavy atom. The van der Waals surface area contributed by atoms with Gasteiger partial charge < -0.3 is 10.4 Å². The van der Waals surface area contributed by atoms with E-state index in [1.54, 1.807) is 0 Å². The molecule has 4 heteroatoms. The second-order valence-electron chi connectivity index (χ2n) is 5.68. The average Bonchev–Trinajstić information content (AvgIpc) is 2.80. The molecule has 4 nitrogen and oxygen atoms in total. The van der Waals surface area contributed by atoms with E-state index in [0.717, 1.165) is 31.6 Å². The monoisotopic (exact) mass is 251 g/mol. The van der Waals surface area contributed by atoms with E-state index in [2.05, 4.69) is 31.2 Å². The van der Waals surface area contributed by atoms with Crippen LogP contribution in [0.3, 0.4) is 0 Å². The Balaban J connectivity index is 2.06. The SMILES string of the molecule is CCC(C)n1ccc(CC2(O)CCNCC2C)n1. The Labute approximate surface area is 109 Å². The maximum absolute atomic E-state index is 10.7. The van der Waals surface area contributed by atoms with Gasteiger partial charge in [0.1, 0.15) is 0 Å². The van der Waals surface area contributed by atoms with Crippen LogP contribution < -0.4 is 5.32 Å². The van der Waals surface area contributed by atoms with Crippen molar-refractivity contribution in [1.29, 1.82) is 0 Å². The molecule has 1 aliphatic heterocycles. The molecule has 2 heterocycles. The van der Waals surface area contributed by atoms with Gasteiger partial charge in [0.25, 0.3) is 0 Å². The van der Waals surface area contributed by atoms with Crippen LogP contribution in [0.4, 0.5) is 0 Å². The maximum Gasteiger partial charge on any atom is 0.0753 e. The van der Waals surface area contributed by atoms with Crippen molar-refractivity contribution in [2.24, 2.45) is 5.92 Å². The topological polar surface area (TPSA) is 50.1 Å². The van der Waals surface area contributed by atoms with Crippen LogP contribution in [0.1, 0.15) is 45.3 Å². The molecule has 1 aromatic heterocycles. The van der Waals surface area contributed by atoms with Gasteiger partial charge in [-0.05, 0) is 38.3 Å². The van der Waals surface area contributed by atoms with Gasteiger partial charge >= 0.3 is 0 Å². The highest BCUT2D eigenvalue weighted by Crippen LogP contribution is 2.28. The predicted molar refractivity (Wildman–Crippen MR) is 72.5 cm³/mol. The van der Waals surface area contributed by atoms with Gasteiger partial charge in [-0.2, -0.15) is 5.10 Å². The Morgan fingerprint density at radius 3 is 3.11 bits per heavy atom. The van der Waals surface area contributed by atoms with E-state index in [0.29, 0.717) is 12.5 Å². The maximum atomic E-state index is 10.7. The molecule has 0 bridgehead atoms. The highest BCUT2D eigenvalue weighted by atomic mass is 16.3. The molecule has 3 unspecified atom stereocenters. The summed E-state index contributed by atoms with van der Waals surface area (Å²) in [7, 11) is 0. The zero-order valence-electron chi connectivity index (χ0n) is 11.7. The summed E-state index contributed by atoms with van der Waals surface area (Å²) in [6, 6.07) is 2.47. The fourth-order valence-electron chi connectivity index (χ4n) is 2.54. The van der Waals surface area contributed by atoms with E-state index in [-0.39, 0.29) is 5.92 Å². The number of nitrogens with one attached hydrogen (secondary N) is 1. The lowest BCUT2D eigenvalue weighted by atomic mass is 9.79. The summed E-state index contributed by atoms with van der Waals surface area (Å²) in [5.74, 6) is 0.278. The molecule has 1 fully saturated rings. The molecular weight excluding hydrogens is 226 g/mol. The molecule has 1 aliphatic rings. The zero-order chi connectivity index (χ0) is 13.2. The molecule has 0 radical (unpaired) electrons. The largest absolute Gasteiger partial charge is 0.389 e. The molecule has 0 aromatic carbocycles. The van der Waals surface area contributed by atoms with Crippen molar-refractivity contribution in [1.82, 2.24) is 15.1 Å². The van der Waals surface area contributed by atoms with Crippen molar-refractivity contribution in [2.45, 2.75) is 51.7 Å². The summed E-state index contributed by atoms with van der Waals surface area (Å²) in [5.41, 5.74) is 0.409. The normalized spacial score (nSPS) is 30.3. The van der Waals surface area contributed by atoms with Gasteiger partial charge in [0.2, 0.25) is 0 Å². The molecular formula is C14H25N3O. The molecule has 0 aliphatic carbocycles. The predicted octanol–water partition coefficient (Wildman–Crippen LogP) is 1.76. The Morgan fingerprint density at radius 1 is 1.67 bits per heavy atom. The summed E-state index contributed by atoms with van der Waals surface area (Å²) in [6.45, 7) is 8.22. The number of nitrogens with zero attached hydrogens (tertiary/aromatic N) is 2. The number of aliphatic hydroxyl groups is 1. The minimum atomic E-state index is -0.597. The number of rotatable bonds is 4. The van der Waals surface area contributed by atoms with E-state index in [1.807, 2.05) is 16.9 Å². The summed E-state index contributed by atoms with van der Waals surface area (Å²) in [6.07, 6.45) is 4.58. The Kier molecular flexibility index (Phi) is 4.07. The number of hydrogen-bond donors (Lipinski definition) is 2. The molecule has 1 aromatic rings. The van der Waals surface area contributed by atoms with Gasteiger partial charge in [0.15, 0.2) is 0 Å². The summed E-state index contributed by atoms with van der Waals surface area (Å²) in [4.78, 5) is 0. The first-order valence-corrected chi connectivity index (χ1v) is 7.02. The van der Waals surface area contributed by atoms with Crippen LogP contribution in [0.5, 0.6) is 0 Å². The van der Waals surface area contributed by atoms with E-state index >= 15 is 0 Å². The third kappa shape index (κ3) is 2.75. The lowest BCUT2D eigenvalue weighted by molar-refractivity contribution is -0.0338. The standard InChI is InChI=1S/C14H25N3O/c1-4-12(3)17-8-5-13(16-17)9-14(18)6-7-15-10-11(14)2/h5,8,11-12,15,18H,4,6-7,9-10H2,1-3H3. The zero-order valence-corrected chi connectivity index (χ0v) is 11.7. The smallest absolute Gasteiger partial charge is 0.0753 e. The molecule has 2 rings (SSSR count). The van der Waals surface area contributed by atoms with Crippen molar-refractivity contribution in [2.75, 3.05) is 13.1 Å². The van der Waals surface area contributed by atoms with Crippen LogP contribution in [0.15, 0.2) is 12.3 Å². The molecule has 102 valence electrons. The van der Waals surface area contributed by atoms with Crippen molar-refractivity contribution < 1.29 is 5.11 Å². The van der Waals surface area contributed by atoms with E-state index < -0.39 is 5.60 Å². The third-order valence-corrected chi connectivity index (χ3v) is 4.30. The Bertz CT molecular complexity index is 390. The molecule has 18 heavy (non-hydrogen) atoms. The molecule has 3 atom stereocenters. The van der Waals surface area contributed by atoms with Gasteiger partial charge in [-0.3, -0.25) is 4.68 Å². The second-order valence-corrected chi connectivity index (χ2v) is 5.68. The van der Waals surface area contributed by atoms with Gasteiger partial charge in [-0.1, -0.05) is 13.8 Å². The first-order chi connectivity index (χ1) is 8.55.